The van der Waals surface area contributed by atoms with Gasteiger partial charge in [0.15, 0.2) is 11.2 Å². The third-order valence-electron chi connectivity index (χ3n) is 5.11. The maximum absolute atomic E-state index is 13.0. The summed E-state index contributed by atoms with van der Waals surface area (Å²) in [6.45, 7) is 8.78. The molecule has 0 aliphatic carbocycles. The summed E-state index contributed by atoms with van der Waals surface area (Å²) < 4.78 is 11.7. The number of methoxy groups -OCH3 is 1. The smallest absolute Gasteiger partial charge is 0.332 e. The van der Waals surface area contributed by atoms with Crippen LogP contribution >= 0.6 is 0 Å². The minimum Gasteiger partial charge on any atom is -0.383 e. The highest BCUT2D eigenvalue weighted by atomic mass is 16.5. The Morgan fingerprint density at radius 1 is 1.20 bits per heavy atom. The van der Waals surface area contributed by atoms with Gasteiger partial charge in [-0.3, -0.25) is 18.3 Å². The Balaban J connectivity index is 2.49. The van der Waals surface area contributed by atoms with Gasteiger partial charge in [0.2, 0.25) is 5.78 Å². The van der Waals surface area contributed by atoms with Crippen LogP contribution in [0.5, 0.6) is 0 Å². The summed E-state index contributed by atoms with van der Waals surface area (Å²) in [4.78, 5) is 30.2. The van der Waals surface area contributed by atoms with Crippen molar-refractivity contribution in [3.63, 3.8) is 0 Å². The van der Waals surface area contributed by atoms with Gasteiger partial charge in [-0.25, -0.2) is 4.79 Å². The molecule has 0 saturated carbocycles. The van der Waals surface area contributed by atoms with E-state index in [1.54, 1.807) is 14.2 Å². The normalized spacial score (nSPS) is 13.2. The molecule has 0 saturated heterocycles. The molecule has 8 heteroatoms. The molecule has 3 heterocycles. The molecule has 0 bridgehead atoms. The molecule has 0 aliphatic rings. The zero-order chi connectivity index (χ0) is 18.5. The number of hydrogen-bond donors (Lipinski definition) is 0. The number of imidazole rings is 2. The van der Waals surface area contributed by atoms with E-state index in [9.17, 15) is 9.59 Å². The fourth-order valence-corrected chi connectivity index (χ4v) is 3.36. The van der Waals surface area contributed by atoms with Crippen LogP contribution in [-0.4, -0.2) is 36.8 Å². The van der Waals surface area contributed by atoms with Crippen LogP contribution in [0.4, 0.5) is 0 Å². The number of fused-ring (bicyclic) bond motifs is 3. The number of hydrogen-bond acceptors (Lipinski definition) is 4. The van der Waals surface area contributed by atoms with E-state index in [1.165, 1.54) is 9.13 Å². The quantitative estimate of drug-likeness (QED) is 0.699. The maximum Gasteiger partial charge on any atom is 0.332 e. The second-order valence-electron chi connectivity index (χ2n) is 6.51. The van der Waals surface area contributed by atoms with Crippen LogP contribution < -0.4 is 11.2 Å². The van der Waals surface area contributed by atoms with Crippen LogP contribution in [0, 0.1) is 13.8 Å². The van der Waals surface area contributed by atoms with Crippen LogP contribution in [0.1, 0.15) is 37.7 Å². The summed E-state index contributed by atoms with van der Waals surface area (Å²) in [6, 6.07) is 0.251. The minimum absolute atomic E-state index is 0.218. The van der Waals surface area contributed by atoms with Crippen LogP contribution in [0.2, 0.25) is 0 Å². The van der Waals surface area contributed by atoms with E-state index < -0.39 is 0 Å². The van der Waals surface area contributed by atoms with Gasteiger partial charge in [-0.1, -0.05) is 6.92 Å². The molecule has 3 aromatic rings. The third-order valence-corrected chi connectivity index (χ3v) is 5.11. The summed E-state index contributed by atoms with van der Waals surface area (Å²) >= 11 is 0. The van der Waals surface area contributed by atoms with Gasteiger partial charge in [0, 0.05) is 31.6 Å². The number of rotatable bonds is 5. The van der Waals surface area contributed by atoms with Crippen molar-refractivity contribution in [2.24, 2.45) is 7.05 Å². The van der Waals surface area contributed by atoms with Crippen molar-refractivity contribution < 1.29 is 4.74 Å². The molecule has 136 valence electrons. The maximum atomic E-state index is 13.0. The molecule has 8 nitrogen and oxygen atoms in total. The van der Waals surface area contributed by atoms with Crippen LogP contribution in [-0.2, 0) is 18.3 Å². The Bertz CT molecular complexity index is 1070. The summed E-state index contributed by atoms with van der Waals surface area (Å²) in [5.74, 6) is 0.705. The first-order valence-electron chi connectivity index (χ1n) is 8.53. The standard InChI is InChI=1S/C17H25N5O3/c1-7-10(2)21-11(3)12(4)22-13-14(18-16(21)22)19(5)17(24)20(15(13)23)8-9-25-6/h10H,7-9H2,1-6H3/t10-/m1/s1. The molecule has 0 N–H and O–H groups in total. The minimum atomic E-state index is -0.375. The lowest BCUT2D eigenvalue weighted by Crippen LogP contribution is -2.40. The van der Waals surface area contributed by atoms with Gasteiger partial charge < -0.3 is 9.30 Å². The molecular formula is C17H25N5O3. The molecule has 0 aliphatic heterocycles. The lowest BCUT2D eigenvalue weighted by molar-refractivity contribution is 0.184. The highest BCUT2D eigenvalue weighted by Crippen LogP contribution is 2.25. The second-order valence-corrected chi connectivity index (χ2v) is 6.51. The monoisotopic (exact) mass is 347 g/mol. The van der Waals surface area contributed by atoms with Crippen LogP contribution in [0.15, 0.2) is 9.59 Å². The van der Waals surface area contributed by atoms with Gasteiger partial charge in [-0.15, -0.1) is 0 Å². The Kier molecular flexibility index (Phi) is 4.32. The van der Waals surface area contributed by atoms with E-state index in [-0.39, 0.29) is 23.8 Å². The molecular weight excluding hydrogens is 322 g/mol. The fraction of sp³-hybridized carbons (Fsp3) is 0.588. The van der Waals surface area contributed by atoms with E-state index in [2.05, 4.69) is 23.4 Å². The van der Waals surface area contributed by atoms with Gasteiger partial charge in [0.05, 0.1) is 13.2 Å². The number of ether oxygens (including phenoxy) is 1. The molecule has 0 unspecified atom stereocenters. The first-order chi connectivity index (χ1) is 11.8. The lowest BCUT2D eigenvalue weighted by Gasteiger charge is -2.13. The van der Waals surface area contributed by atoms with E-state index in [0.717, 1.165) is 17.8 Å². The van der Waals surface area contributed by atoms with Crippen molar-refractivity contribution in [2.45, 2.75) is 46.7 Å². The largest absolute Gasteiger partial charge is 0.383 e. The molecule has 1 atom stereocenters. The van der Waals surface area contributed by atoms with E-state index in [0.29, 0.717) is 23.5 Å². The van der Waals surface area contributed by atoms with Crippen LogP contribution in [0.3, 0.4) is 0 Å². The summed E-state index contributed by atoms with van der Waals surface area (Å²) in [6.07, 6.45) is 0.949. The Morgan fingerprint density at radius 3 is 2.48 bits per heavy atom. The first-order valence-corrected chi connectivity index (χ1v) is 8.53. The van der Waals surface area contributed by atoms with Crippen molar-refractivity contribution in [2.75, 3.05) is 13.7 Å². The zero-order valence-electron chi connectivity index (χ0n) is 15.7. The van der Waals surface area contributed by atoms with Crippen molar-refractivity contribution in [1.82, 2.24) is 23.1 Å². The Morgan fingerprint density at radius 2 is 1.88 bits per heavy atom. The predicted molar refractivity (Wildman–Crippen MR) is 96.5 cm³/mol. The molecule has 0 fully saturated rings. The van der Waals surface area contributed by atoms with Crippen molar-refractivity contribution >= 4 is 16.9 Å². The van der Waals surface area contributed by atoms with Gasteiger partial charge >= 0.3 is 5.69 Å². The van der Waals surface area contributed by atoms with Crippen LogP contribution in [0.25, 0.3) is 16.9 Å². The topological polar surface area (TPSA) is 75.5 Å². The predicted octanol–water partition coefficient (Wildman–Crippen LogP) is 1.38. The van der Waals surface area contributed by atoms with E-state index in [1.807, 2.05) is 18.2 Å². The SMILES string of the molecule is CC[C@@H](C)n1c(C)c(C)n2c3c(=O)n(CCOC)c(=O)n(C)c3nc12. The molecule has 0 aromatic carbocycles. The van der Waals surface area contributed by atoms with Gasteiger partial charge in [-0.2, -0.15) is 4.98 Å². The average molecular weight is 347 g/mol. The highest BCUT2D eigenvalue weighted by molar-refractivity contribution is 5.76. The molecule has 0 spiro atoms. The van der Waals surface area contributed by atoms with E-state index >= 15 is 0 Å². The molecule has 0 amide bonds. The molecule has 0 radical (unpaired) electrons. The van der Waals surface area contributed by atoms with Gasteiger partial charge in [0.1, 0.15) is 0 Å². The van der Waals surface area contributed by atoms with Gasteiger partial charge in [0.25, 0.3) is 5.56 Å². The number of aromatic nitrogens is 5. The van der Waals surface area contributed by atoms with Crippen molar-refractivity contribution in [3.8, 4) is 0 Å². The first kappa shape index (κ1) is 17.5. The average Bonchev–Trinajstić information content (AvgIpc) is 3.09. The lowest BCUT2D eigenvalue weighted by atomic mass is 10.2. The molecule has 25 heavy (non-hydrogen) atoms. The number of nitrogens with zero attached hydrogens (tertiary/aromatic N) is 5. The Labute approximate surface area is 145 Å². The summed E-state index contributed by atoms with van der Waals surface area (Å²) in [7, 11) is 3.19. The Hall–Kier alpha value is -2.35. The summed E-state index contributed by atoms with van der Waals surface area (Å²) in [5, 5.41) is 0. The van der Waals surface area contributed by atoms with Crippen molar-refractivity contribution in [3.05, 3.63) is 32.2 Å². The zero-order valence-corrected chi connectivity index (χ0v) is 15.7. The molecule has 3 rings (SSSR count). The van der Waals surface area contributed by atoms with Crippen molar-refractivity contribution in [1.29, 1.82) is 0 Å². The van der Waals surface area contributed by atoms with E-state index in [4.69, 9.17) is 4.74 Å². The number of aryl methyl sites for hydroxylation is 2. The molecule has 3 aromatic heterocycles. The fourth-order valence-electron chi connectivity index (χ4n) is 3.36. The second kappa shape index (κ2) is 6.18. The third kappa shape index (κ3) is 2.35. The summed E-state index contributed by atoms with van der Waals surface area (Å²) in [5.41, 5.74) is 2.20. The highest BCUT2D eigenvalue weighted by Gasteiger charge is 2.23. The van der Waals surface area contributed by atoms with Gasteiger partial charge in [-0.05, 0) is 27.2 Å².